The molecule has 14 heavy (non-hydrogen) atoms. The largest absolute Gasteiger partial charge is 0.480 e. The van der Waals surface area contributed by atoms with Crippen molar-refractivity contribution >= 4 is 17.7 Å². The first kappa shape index (κ1) is 11.9. The van der Waals surface area contributed by atoms with E-state index >= 15 is 0 Å². The molecule has 1 fully saturated rings. The molecule has 0 radical (unpaired) electrons. The van der Waals surface area contributed by atoms with E-state index < -0.39 is 5.97 Å². The summed E-state index contributed by atoms with van der Waals surface area (Å²) in [6.07, 6.45) is 1.12. The van der Waals surface area contributed by atoms with Crippen molar-refractivity contribution < 1.29 is 9.90 Å². The van der Waals surface area contributed by atoms with Crippen LogP contribution in [0, 0.1) is 0 Å². The third kappa shape index (κ3) is 2.89. The lowest BCUT2D eigenvalue weighted by atomic mass is 10.1. The van der Waals surface area contributed by atoms with Crippen LogP contribution in [0.15, 0.2) is 0 Å². The molecule has 3 nitrogen and oxygen atoms in total. The Labute approximate surface area is 89.9 Å². The summed E-state index contributed by atoms with van der Waals surface area (Å²) in [5, 5.41) is 9.40. The van der Waals surface area contributed by atoms with Gasteiger partial charge in [-0.3, -0.25) is 9.69 Å². The van der Waals surface area contributed by atoms with E-state index in [1.807, 2.05) is 11.8 Å². The molecule has 0 aliphatic carbocycles. The standard InChI is InChI=1S/C10H19NO2S/c1-7(2)11(6-10(12)13)9-4-5-14-8(9)3/h7-9H,4-6H2,1-3H3,(H,12,13). The van der Waals surface area contributed by atoms with Gasteiger partial charge in [0.25, 0.3) is 0 Å². The fourth-order valence-electron chi connectivity index (χ4n) is 1.99. The number of carbonyl (C=O) groups is 1. The summed E-state index contributed by atoms with van der Waals surface area (Å²) in [5.41, 5.74) is 0. The Bertz CT molecular complexity index is 208. The molecular formula is C10H19NO2S. The van der Waals surface area contributed by atoms with Gasteiger partial charge in [-0.1, -0.05) is 6.92 Å². The van der Waals surface area contributed by atoms with Crippen LogP contribution in [0.25, 0.3) is 0 Å². The van der Waals surface area contributed by atoms with E-state index in [9.17, 15) is 4.79 Å². The van der Waals surface area contributed by atoms with Crippen LogP contribution in [0.4, 0.5) is 0 Å². The molecule has 1 rings (SSSR count). The zero-order chi connectivity index (χ0) is 10.7. The van der Waals surface area contributed by atoms with Crippen LogP contribution in [0.3, 0.4) is 0 Å². The molecule has 0 spiro atoms. The first-order valence-electron chi connectivity index (χ1n) is 5.11. The second kappa shape index (κ2) is 5.03. The van der Waals surface area contributed by atoms with Gasteiger partial charge in [-0.25, -0.2) is 0 Å². The van der Waals surface area contributed by atoms with Crippen molar-refractivity contribution in [2.24, 2.45) is 0 Å². The molecule has 2 unspecified atom stereocenters. The van der Waals surface area contributed by atoms with Gasteiger partial charge >= 0.3 is 5.97 Å². The van der Waals surface area contributed by atoms with Crippen LogP contribution < -0.4 is 0 Å². The molecule has 0 amide bonds. The summed E-state index contributed by atoms with van der Waals surface area (Å²) in [5.74, 6) is 0.442. The van der Waals surface area contributed by atoms with Crippen LogP contribution >= 0.6 is 11.8 Å². The SMILES string of the molecule is CC1SCCC1N(CC(=O)O)C(C)C. The van der Waals surface area contributed by atoms with Gasteiger partial charge in [0.15, 0.2) is 0 Å². The van der Waals surface area contributed by atoms with E-state index in [1.165, 1.54) is 0 Å². The summed E-state index contributed by atoms with van der Waals surface area (Å²) < 4.78 is 0. The Kier molecular flexibility index (Phi) is 4.26. The first-order valence-corrected chi connectivity index (χ1v) is 6.16. The summed E-state index contributed by atoms with van der Waals surface area (Å²) in [6, 6.07) is 0.758. The van der Waals surface area contributed by atoms with Crippen LogP contribution in [-0.2, 0) is 4.79 Å². The number of carboxylic acid groups (broad SMARTS) is 1. The van der Waals surface area contributed by atoms with E-state index in [4.69, 9.17) is 5.11 Å². The van der Waals surface area contributed by atoms with Crippen molar-refractivity contribution in [1.82, 2.24) is 4.90 Å². The van der Waals surface area contributed by atoms with E-state index in [1.54, 1.807) is 0 Å². The maximum atomic E-state index is 10.7. The minimum atomic E-state index is -0.720. The first-order chi connectivity index (χ1) is 6.52. The van der Waals surface area contributed by atoms with Crippen LogP contribution in [0.5, 0.6) is 0 Å². The van der Waals surface area contributed by atoms with Gasteiger partial charge < -0.3 is 5.11 Å². The van der Waals surface area contributed by atoms with Crippen molar-refractivity contribution in [3.8, 4) is 0 Å². The molecule has 0 aromatic rings. The molecule has 0 bridgehead atoms. The molecular weight excluding hydrogens is 198 g/mol. The van der Waals surface area contributed by atoms with Gasteiger partial charge in [-0.2, -0.15) is 11.8 Å². The predicted octanol–water partition coefficient (Wildman–Crippen LogP) is 1.68. The Morgan fingerprint density at radius 1 is 1.64 bits per heavy atom. The second-order valence-electron chi connectivity index (χ2n) is 4.09. The van der Waals surface area contributed by atoms with Crippen molar-refractivity contribution in [3.05, 3.63) is 0 Å². The maximum Gasteiger partial charge on any atom is 0.317 e. The highest BCUT2D eigenvalue weighted by atomic mass is 32.2. The number of hydrogen-bond acceptors (Lipinski definition) is 3. The number of carboxylic acids is 1. The van der Waals surface area contributed by atoms with Crippen LogP contribution in [0.2, 0.25) is 0 Å². The summed E-state index contributed by atoms with van der Waals surface area (Å²) in [7, 11) is 0. The zero-order valence-electron chi connectivity index (χ0n) is 9.06. The topological polar surface area (TPSA) is 40.5 Å². The predicted molar refractivity (Wildman–Crippen MR) is 59.8 cm³/mol. The van der Waals surface area contributed by atoms with Gasteiger partial charge in [0.1, 0.15) is 0 Å². The molecule has 1 aliphatic heterocycles. The van der Waals surface area contributed by atoms with Gasteiger partial charge in [0.05, 0.1) is 6.54 Å². The van der Waals surface area contributed by atoms with E-state index in [-0.39, 0.29) is 6.54 Å². The van der Waals surface area contributed by atoms with Crippen molar-refractivity contribution in [1.29, 1.82) is 0 Å². The number of hydrogen-bond donors (Lipinski definition) is 1. The normalized spacial score (nSPS) is 27.5. The molecule has 82 valence electrons. The fraction of sp³-hybridized carbons (Fsp3) is 0.900. The zero-order valence-corrected chi connectivity index (χ0v) is 9.88. The lowest BCUT2D eigenvalue weighted by Crippen LogP contribution is -2.46. The third-order valence-electron chi connectivity index (χ3n) is 2.74. The minimum absolute atomic E-state index is 0.174. The molecule has 0 aromatic heterocycles. The number of rotatable bonds is 4. The summed E-state index contributed by atoms with van der Waals surface area (Å²) in [6.45, 7) is 6.50. The van der Waals surface area contributed by atoms with Gasteiger partial charge in [0.2, 0.25) is 0 Å². The monoisotopic (exact) mass is 217 g/mol. The van der Waals surface area contributed by atoms with Crippen molar-refractivity contribution in [3.63, 3.8) is 0 Å². The molecule has 0 saturated carbocycles. The third-order valence-corrected chi connectivity index (χ3v) is 4.05. The fourth-order valence-corrected chi connectivity index (χ4v) is 3.26. The van der Waals surface area contributed by atoms with E-state index in [0.717, 1.165) is 12.2 Å². The molecule has 1 saturated heterocycles. The van der Waals surface area contributed by atoms with Crippen molar-refractivity contribution in [2.45, 2.75) is 44.5 Å². The molecule has 0 aromatic carbocycles. The minimum Gasteiger partial charge on any atom is -0.480 e. The number of thioether (sulfide) groups is 1. The molecule has 1 aliphatic rings. The molecule has 2 atom stereocenters. The van der Waals surface area contributed by atoms with Gasteiger partial charge in [-0.15, -0.1) is 0 Å². The van der Waals surface area contributed by atoms with Gasteiger partial charge in [0, 0.05) is 17.3 Å². The molecule has 1 N–H and O–H groups in total. The Morgan fingerprint density at radius 3 is 2.64 bits per heavy atom. The van der Waals surface area contributed by atoms with Crippen LogP contribution in [0.1, 0.15) is 27.2 Å². The van der Waals surface area contributed by atoms with Crippen molar-refractivity contribution in [2.75, 3.05) is 12.3 Å². The highest BCUT2D eigenvalue weighted by Crippen LogP contribution is 2.31. The van der Waals surface area contributed by atoms with E-state index in [2.05, 4.69) is 25.7 Å². The number of aliphatic carboxylic acids is 1. The summed E-state index contributed by atoms with van der Waals surface area (Å²) >= 11 is 1.94. The highest BCUT2D eigenvalue weighted by molar-refractivity contribution is 8.00. The quantitative estimate of drug-likeness (QED) is 0.778. The number of nitrogens with zero attached hydrogens (tertiary/aromatic N) is 1. The second-order valence-corrected chi connectivity index (χ2v) is 5.58. The van der Waals surface area contributed by atoms with E-state index in [0.29, 0.717) is 17.3 Å². The highest BCUT2D eigenvalue weighted by Gasteiger charge is 2.31. The van der Waals surface area contributed by atoms with Crippen LogP contribution in [-0.4, -0.2) is 45.6 Å². The lowest BCUT2D eigenvalue weighted by molar-refractivity contribution is -0.139. The average Bonchev–Trinajstić information content (AvgIpc) is 2.46. The Hall–Kier alpha value is -0.220. The van der Waals surface area contributed by atoms with Gasteiger partial charge in [-0.05, 0) is 26.0 Å². The maximum absolute atomic E-state index is 10.7. The Balaban J connectivity index is 2.61. The Morgan fingerprint density at radius 2 is 2.29 bits per heavy atom. The molecule has 4 heteroatoms. The molecule has 1 heterocycles. The lowest BCUT2D eigenvalue weighted by Gasteiger charge is -2.33. The smallest absolute Gasteiger partial charge is 0.317 e. The average molecular weight is 217 g/mol. The summed E-state index contributed by atoms with van der Waals surface area (Å²) in [4.78, 5) is 12.8.